The molecule has 1 aliphatic heterocycles. The van der Waals surface area contributed by atoms with Crippen LogP contribution in [0.15, 0.2) is 78.9 Å². The Morgan fingerprint density at radius 2 is 1.58 bits per heavy atom. The van der Waals surface area contributed by atoms with Crippen LogP contribution in [0.1, 0.15) is 34.3 Å². The van der Waals surface area contributed by atoms with E-state index >= 15 is 0 Å². The van der Waals surface area contributed by atoms with Crippen molar-refractivity contribution in [2.45, 2.75) is 19.4 Å². The zero-order valence-corrected chi connectivity index (χ0v) is 18.5. The molecule has 0 spiro atoms. The number of hydrogen-bond acceptors (Lipinski definition) is 3. The van der Waals surface area contributed by atoms with E-state index in [1.807, 2.05) is 78.9 Å². The van der Waals surface area contributed by atoms with Crippen LogP contribution in [-0.2, 0) is 16.1 Å². The average molecular weight is 442 g/mol. The van der Waals surface area contributed by atoms with Gasteiger partial charge >= 0.3 is 0 Å². The van der Waals surface area contributed by atoms with Crippen molar-refractivity contribution in [1.82, 2.24) is 10.2 Å². The Bertz CT molecular complexity index is 1160. The quantitative estimate of drug-likeness (QED) is 0.615. The molecule has 0 aromatic heterocycles. The van der Waals surface area contributed by atoms with E-state index in [0.29, 0.717) is 18.7 Å². The molecule has 1 saturated heterocycles. The molecule has 0 radical (unpaired) electrons. The number of carbonyl (C=O) groups is 3. The summed E-state index contributed by atoms with van der Waals surface area (Å²) < 4.78 is 0. The topological polar surface area (TPSA) is 92.5 Å². The van der Waals surface area contributed by atoms with Crippen LogP contribution in [0, 0.1) is 5.92 Å². The summed E-state index contributed by atoms with van der Waals surface area (Å²) in [6, 6.07) is 25.1. The van der Waals surface area contributed by atoms with Crippen LogP contribution < -0.4 is 11.1 Å². The smallest absolute Gasteiger partial charge is 0.254 e. The lowest BCUT2D eigenvalue weighted by atomic mass is 9.88. The van der Waals surface area contributed by atoms with Gasteiger partial charge in [-0.2, -0.15) is 0 Å². The van der Waals surface area contributed by atoms with E-state index in [1.165, 1.54) is 6.92 Å². The molecule has 2 atom stereocenters. The van der Waals surface area contributed by atoms with E-state index < -0.39 is 11.8 Å². The fourth-order valence-electron chi connectivity index (χ4n) is 4.41. The predicted octanol–water partition coefficient (Wildman–Crippen LogP) is 3.33. The molecule has 1 heterocycles. The summed E-state index contributed by atoms with van der Waals surface area (Å²) in [6.45, 7) is 2.63. The highest BCUT2D eigenvalue weighted by atomic mass is 16.2. The zero-order valence-electron chi connectivity index (χ0n) is 18.5. The van der Waals surface area contributed by atoms with E-state index in [9.17, 15) is 14.4 Å². The van der Waals surface area contributed by atoms with E-state index in [-0.39, 0.29) is 24.3 Å². The number of benzene rings is 3. The number of nitrogens with two attached hydrogens (primary N) is 1. The van der Waals surface area contributed by atoms with E-state index in [0.717, 1.165) is 22.3 Å². The molecule has 6 nitrogen and oxygen atoms in total. The van der Waals surface area contributed by atoms with Gasteiger partial charge in [-0.05, 0) is 28.3 Å². The van der Waals surface area contributed by atoms with Gasteiger partial charge in [-0.3, -0.25) is 14.4 Å². The summed E-state index contributed by atoms with van der Waals surface area (Å²) in [5.74, 6) is -1.24. The van der Waals surface area contributed by atoms with Gasteiger partial charge in [0.25, 0.3) is 5.91 Å². The van der Waals surface area contributed by atoms with Crippen molar-refractivity contribution >= 4 is 17.7 Å². The SMILES string of the molecule is CC(=O)NCc1ccc([C@H]2CN(C(=O)c3ccccc3-c3ccccc3)C[C@@H]2C(N)=O)cc1. The van der Waals surface area contributed by atoms with Gasteiger partial charge in [0.2, 0.25) is 11.8 Å². The Hall–Kier alpha value is -3.93. The lowest BCUT2D eigenvalue weighted by Gasteiger charge is -2.19. The van der Waals surface area contributed by atoms with Crippen molar-refractivity contribution in [3.8, 4) is 11.1 Å². The number of carbonyl (C=O) groups excluding carboxylic acids is 3. The Balaban J connectivity index is 1.57. The standard InChI is InChI=1S/C27H27N3O3/c1-18(31)29-15-19-11-13-21(14-12-19)24-16-30(17-25(24)26(28)32)27(33)23-10-6-5-9-22(23)20-7-3-2-4-8-20/h2-14,24-25H,15-17H2,1H3,(H2,28,32)(H,29,31)/t24-,25+/m1/s1. The minimum atomic E-state index is -0.459. The zero-order chi connectivity index (χ0) is 23.4. The summed E-state index contributed by atoms with van der Waals surface area (Å²) in [4.78, 5) is 38.7. The van der Waals surface area contributed by atoms with Gasteiger partial charge in [-0.1, -0.05) is 72.8 Å². The molecule has 0 saturated carbocycles. The number of rotatable bonds is 6. The number of primary amides is 1. The van der Waals surface area contributed by atoms with E-state index in [4.69, 9.17) is 5.73 Å². The van der Waals surface area contributed by atoms with Crippen molar-refractivity contribution in [1.29, 1.82) is 0 Å². The van der Waals surface area contributed by atoms with Gasteiger partial charge < -0.3 is 16.0 Å². The second-order valence-electron chi connectivity index (χ2n) is 8.39. The van der Waals surface area contributed by atoms with Crippen LogP contribution in [0.4, 0.5) is 0 Å². The molecule has 3 amide bonds. The lowest BCUT2D eigenvalue weighted by molar-refractivity contribution is -0.122. The number of amides is 3. The number of nitrogens with one attached hydrogen (secondary N) is 1. The molecule has 0 bridgehead atoms. The van der Waals surface area contributed by atoms with Gasteiger partial charge in [-0.15, -0.1) is 0 Å². The van der Waals surface area contributed by atoms with Crippen LogP contribution in [0.2, 0.25) is 0 Å². The third-order valence-electron chi connectivity index (χ3n) is 6.16. The van der Waals surface area contributed by atoms with Crippen LogP contribution >= 0.6 is 0 Å². The molecular formula is C27H27N3O3. The normalized spacial score (nSPS) is 17.5. The minimum absolute atomic E-state index is 0.0893. The van der Waals surface area contributed by atoms with Crippen molar-refractivity contribution in [3.63, 3.8) is 0 Å². The molecule has 3 N–H and O–H groups in total. The van der Waals surface area contributed by atoms with Gasteiger partial charge in [0.05, 0.1) is 5.92 Å². The third-order valence-corrected chi connectivity index (χ3v) is 6.16. The number of likely N-dealkylation sites (tertiary alicyclic amines) is 1. The highest BCUT2D eigenvalue weighted by Crippen LogP contribution is 2.35. The number of hydrogen-bond donors (Lipinski definition) is 2. The van der Waals surface area contributed by atoms with E-state index in [1.54, 1.807) is 4.90 Å². The fraction of sp³-hybridized carbons (Fsp3) is 0.222. The molecule has 6 heteroatoms. The van der Waals surface area contributed by atoms with Crippen molar-refractivity contribution in [2.75, 3.05) is 13.1 Å². The van der Waals surface area contributed by atoms with Crippen molar-refractivity contribution in [3.05, 3.63) is 95.6 Å². The third kappa shape index (κ3) is 4.95. The molecule has 4 rings (SSSR count). The van der Waals surface area contributed by atoms with Crippen LogP contribution in [-0.4, -0.2) is 35.7 Å². The molecule has 1 aliphatic rings. The maximum atomic E-state index is 13.5. The van der Waals surface area contributed by atoms with Crippen LogP contribution in [0.25, 0.3) is 11.1 Å². The lowest BCUT2D eigenvalue weighted by Crippen LogP contribution is -2.32. The van der Waals surface area contributed by atoms with Gasteiger partial charge in [-0.25, -0.2) is 0 Å². The van der Waals surface area contributed by atoms with Gasteiger partial charge in [0.15, 0.2) is 0 Å². The Labute approximate surface area is 193 Å². The maximum Gasteiger partial charge on any atom is 0.254 e. The summed E-state index contributed by atoms with van der Waals surface area (Å²) in [6.07, 6.45) is 0. The first kappa shape index (κ1) is 22.3. The van der Waals surface area contributed by atoms with Gasteiger partial charge in [0.1, 0.15) is 0 Å². The molecule has 0 aliphatic carbocycles. The highest BCUT2D eigenvalue weighted by Gasteiger charge is 2.40. The molecule has 3 aromatic rings. The number of nitrogens with zero attached hydrogens (tertiary/aromatic N) is 1. The molecule has 33 heavy (non-hydrogen) atoms. The first-order valence-electron chi connectivity index (χ1n) is 11.0. The largest absolute Gasteiger partial charge is 0.369 e. The Morgan fingerprint density at radius 1 is 0.909 bits per heavy atom. The second-order valence-corrected chi connectivity index (χ2v) is 8.39. The monoisotopic (exact) mass is 441 g/mol. The summed E-state index contributed by atoms with van der Waals surface area (Å²) in [7, 11) is 0. The van der Waals surface area contributed by atoms with Crippen LogP contribution in [0.5, 0.6) is 0 Å². The molecule has 168 valence electrons. The first-order valence-corrected chi connectivity index (χ1v) is 11.0. The van der Waals surface area contributed by atoms with Crippen LogP contribution in [0.3, 0.4) is 0 Å². The average Bonchev–Trinajstić information content (AvgIpc) is 3.29. The summed E-state index contributed by atoms with van der Waals surface area (Å²) >= 11 is 0. The van der Waals surface area contributed by atoms with E-state index in [2.05, 4.69) is 5.32 Å². The Morgan fingerprint density at radius 3 is 2.24 bits per heavy atom. The summed E-state index contributed by atoms with van der Waals surface area (Å²) in [5, 5.41) is 2.77. The predicted molar refractivity (Wildman–Crippen MR) is 127 cm³/mol. The Kier molecular flexibility index (Phi) is 6.54. The maximum absolute atomic E-state index is 13.5. The second kappa shape index (κ2) is 9.69. The molecule has 0 unspecified atom stereocenters. The molecular weight excluding hydrogens is 414 g/mol. The first-order chi connectivity index (χ1) is 15.9. The minimum Gasteiger partial charge on any atom is -0.369 e. The molecule has 1 fully saturated rings. The van der Waals surface area contributed by atoms with Gasteiger partial charge in [0, 0.05) is 38.0 Å². The van der Waals surface area contributed by atoms with Crippen molar-refractivity contribution < 1.29 is 14.4 Å². The highest BCUT2D eigenvalue weighted by molar-refractivity contribution is 6.01. The molecule has 3 aromatic carbocycles. The fourth-order valence-corrected chi connectivity index (χ4v) is 4.41. The van der Waals surface area contributed by atoms with Crippen molar-refractivity contribution in [2.24, 2.45) is 11.7 Å². The summed E-state index contributed by atoms with van der Waals surface area (Å²) in [5.41, 5.74) is 10.1.